The van der Waals surface area contributed by atoms with Gasteiger partial charge in [-0.2, -0.15) is 4.98 Å². The molecule has 2 aromatic rings. The average molecular weight is 293 g/mol. The first-order valence-electron chi connectivity index (χ1n) is 6.37. The summed E-state index contributed by atoms with van der Waals surface area (Å²) in [5.74, 6) is -0.380. The van der Waals surface area contributed by atoms with Gasteiger partial charge in [-0.1, -0.05) is 6.92 Å². The normalized spacial score (nSPS) is 27.9. The number of hydrogen-bond donors (Lipinski definition) is 4. The number of nitrogens with zero attached hydrogens (tertiary/aromatic N) is 3. The molecule has 5 N–H and O–H groups in total. The largest absolute Gasteiger partial charge is 0.509 e. The molecule has 9 heteroatoms. The van der Waals surface area contributed by atoms with Gasteiger partial charge in [0.25, 0.3) is 5.56 Å². The lowest BCUT2D eigenvalue weighted by Crippen LogP contribution is -2.20. The minimum absolute atomic E-state index is 0.0328. The van der Waals surface area contributed by atoms with Crippen LogP contribution in [0.3, 0.4) is 0 Å². The van der Waals surface area contributed by atoms with Crippen LogP contribution in [-0.2, 0) is 4.74 Å². The minimum atomic E-state index is -0.947. The Hall–Kier alpha value is -2.55. The standard InChI is InChI=1S/C12H15N5O4/c1-4-7(19)8(5(2)18)21-11(4)17-3-14-6-9(17)15-12(13)16-10(6)20/h3-4,7,11,18-19H,1-2H3,(H3,13,15,16,20)/b8-5+/t4-,7+,11?/m1/s1. The monoisotopic (exact) mass is 293 g/mol. The number of nitrogens with two attached hydrogens (primary N) is 1. The first-order chi connectivity index (χ1) is 9.90. The Bertz CT molecular complexity index is 789. The number of aromatic amines is 1. The summed E-state index contributed by atoms with van der Waals surface area (Å²) in [6, 6.07) is 0. The smallest absolute Gasteiger partial charge is 0.280 e. The van der Waals surface area contributed by atoms with Crippen LogP contribution < -0.4 is 11.3 Å². The summed E-state index contributed by atoms with van der Waals surface area (Å²) in [5.41, 5.74) is 5.49. The van der Waals surface area contributed by atoms with Crippen molar-refractivity contribution in [1.29, 1.82) is 0 Å². The summed E-state index contributed by atoms with van der Waals surface area (Å²) >= 11 is 0. The number of aromatic nitrogens is 4. The van der Waals surface area contributed by atoms with Crippen molar-refractivity contribution in [2.45, 2.75) is 26.2 Å². The molecule has 0 amide bonds. The van der Waals surface area contributed by atoms with Crippen LogP contribution in [0.15, 0.2) is 22.6 Å². The van der Waals surface area contributed by atoms with Gasteiger partial charge in [0.2, 0.25) is 5.95 Å². The van der Waals surface area contributed by atoms with Crippen LogP contribution >= 0.6 is 0 Å². The number of nitrogens with one attached hydrogen (secondary N) is 1. The molecule has 1 fully saturated rings. The van der Waals surface area contributed by atoms with Crippen molar-refractivity contribution < 1.29 is 14.9 Å². The summed E-state index contributed by atoms with van der Waals surface area (Å²) in [6.07, 6.45) is -0.191. The van der Waals surface area contributed by atoms with Crippen molar-refractivity contribution in [1.82, 2.24) is 19.5 Å². The Morgan fingerprint density at radius 2 is 2.29 bits per heavy atom. The predicted molar refractivity (Wildman–Crippen MR) is 73.2 cm³/mol. The van der Waals surface area contributed by atoms with Crippen LogP contribution in [0.5, 0.6) is 0 Å². The van der Waals surface area contributed by atoms with Crippen molar-refractivity contribution in [3.63, 3.8) is 0 Å². The van der Waals surface area contributed by atoms with Gasteiger partial charge in [-0.25, -0.2) is 4.98 Å². The molecule has 0 aliphatic carbocycles. The van der Waals surface area contributed by atoms with E-state index in [-0.39, 0.29) is 34.5 Å². The van der Waals surface area contributed by atoms with Crippen LogP contribution in [-0.4, -0.2) is 35.8 Å². The molecule has 1 aliphatic heterocycles. The number of fused-ring (bicyclic) bond motifs is 1. The second-order valence-electron chi connectivity index (χ2n) is 5.04. The molecule has 21 heavy (non-hydrogen) atoms. The van der Waals surface area contributed by atoms with Gasteiger partial charge in [0.1, 0.15) is 18.2 Å². The number of ether oxygens (including phenoxy) is 1. The molecular weight excluding hydrogens is 278 g/mol. The Labute approximate surface area is 118 Å². The second kappa shape index (κ2) is 4.48. The van der Waals surface area contributed by atoms with Gasteiger partial charge in [-0.15, -0.1) is 0 Å². The quantitative estimate of drug-likeness (QED) is 0.543. The Kier molecular flexibility index (Phi) is 2.87. The highest BCUT2D eigenvalue weighted by Crippen LogP contribution is 2.38. The molecule has 3 atom stereocenters. The van der Waals surface area contributed by atoms with Crippen LogP contribution in [0, 0.1) is 5.92 Å². The van der Waals surface area contributed by atoms with E-state index < -0.39 is 17.9 Å². The van der Waals surface area contributed by atoms with E-state index in [1.54, 1.807) is 6.92 Å². The second-order valence-corrected chi connectivity index (χ2v) is 5.04. The Morgan fingerprint density at radius 3 is 2.90 bits per heavy atom. The molecule has 0 aromatic carbocycles. The summed E-state index contributed by atoms with van der Waals surface area (Å²) in [6.45, 7) is 3.19. The van der Waals surface area contributed by atoms with E-state index in [0.717, 1.165) is 0 Å². The molecule has 1 unspecified atom stereocenters. The Balaban J connectivity index is 2.14. The number of nitrogen functional groups attached to an aromatic ring is 1. The molecule has 2 aromatic heterocycles. The Morgan fingerprint density at radius 1 is 1.57 bits per heavy atom. The van der Waals surface area contributed by atoms with E-state index in [4.69, 9.17) is 10.5 Å². The number of rotatable bonds is 1. The molecule has 3 rings (SSSR count). The SMILES string of the molecule is C/C(O)=C1\OC(n2cnc3c(=O)[nH]c(N)nc32)[C@H](C)[C@@H]1O. The number of aliphatic hydroxyl groups excluding tert-OH is 2. The molecule has 1 aliphatic rings. The molecule has 9 nitrogen and oxygen atoms in total. The van der Waals surface area contributed by atoms with Crippen LogP contribution in [0.1, 0.15) is 20.1 Å². The molecule has 0 spiro atoms. The number of anilines is 1. The summed E-state index contributed by atoms with van der Waals surface area (Å²) in [7, 11) is 0. The summed E-state index contributed by atoms with van der Waals surface area (Å²) < 4.78 is 7.11. The highest BCUT2D eigenvalue weighted by atomic mass is 16.5. The van der Waals surface area contributed by atoms with Crippen LogP contribution in [0.25, 0.3) is 11.2 Å². The zero-order chi connectivity index (χ0) is 15.3. The zero-order valence-corrected chi connectivity index (χ0v) is 11.4. The predicted octanol–water partition coefficient (Wildman–Crippen LogP) is 0.0171. The van der Waals surface area contributed by atoms with Gasteiger partial charge in [0.15, 0.2) is 23.2 Å². The van der Waals surface area contributed by atoms with Crippen LogP contribution in [0.2, 0.25) is 0 Å². The maximum Gasteiger partial charge on any atom is 0.280 e. The van der Waals surface area contributed by atoms with Gasteiger partial charge >= 0.3 is 0 Å². The van der Waals surface area contributed by atoms with Crippen molar-refractivity contribution in [2.75, 3.05) is 5.73 Å². The molecule has 0 radical (unpaired) electrons. The van der Waals surface area contributed by atoms with Gasteiger partial charge in [-0.3, -0.25) is 14.3 Å². The first kappa shape index (κ1) is 13.4. The average Bonchev–Trinajstić information content (AvgIpc) is 2.93. The lowest BCUT2D eigenvalue weighted by molar-refractivity contribution is 0.0660. The third-order valence-corrected chi connectivity index (χ3v) is 3.55. The third kappa shape index (κ3) is 1.93. The third-order valence-electron chi connectivity index (χ3n) is 3.55. The lowest BCUT2D eigenvalue weighted by atomic mass is 10.0. The number of hydrogen-bond acceptors (Lipinski definition) is 7. The number of H-pyrrole nitrogens is 1. The molecule has 0 bridgehead atoms. The van der Waals surface area contributed by atoms with E-state index in [2.05, 4.69) is 15.0 Å². The van der Waals surface area contributed by atoms with Gasteiger partial charge < -0.3 is 20.7 Å². The zero-order valence-electron chi connectivity index (χ0n) is 11.4. The molecule has 1 saturated heterocycles. The number of allylic oxidation sites excluding steroid dienone is 1. The first-order valence-corrected chi connectivity index (χ1v) is 6.37. The molecule has 112 valence electrons. The van der Waals surface area contributed by atoms with Gasteiger partial charge in [0.05, 0.1) is 0 Å². The minimum Gasteiger partial charge on any atom is -0.509 e. The van der Waals surface area contributed by atoms with Gasteiger partial charge in [0, 0.05) is 5.92 Å². The number of aliphatic hydroxyl groups is 2. The van der Waals surface area contributed by atoms with Crippen molar-refractivity contribution in [3.8, 4) is 0 Å². The number of imidazole rings is 1. The van der Waals surface area contributed by atoms with Crippen molar-refractivity contribution >= 4 is 17.1 Å². The summed E-state index contributed by atoms with van der Waals surface area (Å²) in [4.78, 5) is 22.2. The van der Waals surface area contributed by atoms with E-state index >= 15 is 0 Å². The fourth-order valence-corrected chi connectivity index (χ4v) is 2.44. The lowest BCUT2D eigenvalue weighted by Gasteiger charge is -2.16. The fourth-order valence-electron chi connectivity index (χ4n) is 2.44. The van der Waals surface area contributed by atoms with Crippen molar-refractivity contribution in [3.05, 3.63) is 28.2 Å². The molecular formula is C12H15N5O4. The topological polar surface area (TPSA) is 139 Å². The maximum atomic E-state index is 11.8. The van der Waals surface area contributed by atoms with Gasteiger partial charge in [-0.05, 0) is 6.92 Å². The molecule has 0 saturated carbocycles. The fraction of sp³-hybridized carbons (Fsp3) is 0.417. The highest BCUT2D eigenvalue weighted by Gasteiger charge is 2.41. The van der Waals surface area contributed by atoms with E-state index in [1.165, 1.54) is 17.8 Å². The van der Waals surface area contributed by atoms with Crippen molar-refractivity contribution in [2.24, 2.45) is 5.92 Å². The summed E-state index contributed by atoms with van der Waals surface area (Å²) in [5, 5.41) is 19.6. The molecule has 3 heterocycles. The maximum absolute atomic E-state index is 11.8. The van der Waals surface area contributed by atoms with E-state index in [1.807, 2.05) is 0 Å². The van der Waals surface area contributed by atoms with Crippen LogP contribution in [0.4, 0.5) is 5.95 Å². The van der Waals surface area contributed by atoms with E-state index in [0.29, 0.717) is 0 Å². The highest BCUT2D eigenvalue weighted by molar-refractivity contribution is 5.70. The van der Waals surface area contributed by atoms with E-state index in [9.17, 15) is 15.0 Å².